The number of imide groups is 1. The van der Waals surface area contributed by atoms with Crippen LogP contribution in [0.1, 0.15) is 24.2 Å². The Morgan fingerprint density at radius 2 is 1.84 bits per heavy atom. The Hall–Kier alpha value is -3.04. The molecular formula is C21H20ClN3O5S. The molecule has 2 aromatic rings. The Balaban J connectivity index is 1.63. The summed E-state index contributed by atoms with van der Waals surface area (Å²) in [7, 11) is 0. The third kappa shape index (κ3) is 5.56. The molecule has 3 N–H and O–H groups in total. The second-order valence-electron chi connectivity index (χ2n) is 7.07. The van der Waals surface area contributed by atoms with Crippen molar-refractivity contribution in [2.24, 2.45) is 0 Å². The second-order valence-corrected chi connectivity index (χ2v) is 8.52. The maximum atomic E-state index is 12.7. The van der Waals surface area contributed by atoms with Gasteiger partial charge >= 0.3 is 12.0 Å². The first-order chi connectivity index (χ1) is 14.7. The monoisotopic (exact) mass is 461 g/mol. The number of thioether (sulfide) groups is 1. The molecule has 1 aliphatic heterocycles. The van der Waals surface area contributed by atoms with Gasteiger partial charge in [0.25, 0.3) is 11.8 Å². The molecule has 0 aliphatic carbocycles. The van der Waals surface area contributed by atoms with Crippen LogP contribution in [0.25, 0.3) is 0 Å². The predicted octanol–water partition coefficient (Wildman–Crippen LogP) is 3.21. The number of anilines is 1. The number of esters is 1. The maximum Gasteiger partial charge on any atom is 0.340 e. The summed E-state index contributed by atoms with van der Waals surface area (Å²) in [5, 5.41) is 7.96. The van der Waals surface area contributed by atoms with E-state index >= 15 is 0 Å². The highest BCUT2D eigenvalue weighted by atomic mass is 35.5. The van der Waals surface area contributed by atoms with Crippen LogP contribution in [0.4, 0.5) is 10.5 Å². The molecule has 0 aromatic heterocycles. The van der Waals surface area contributed by atoms with Crippen LogP contribution in [0.2, 0.25) is 5.02 Å². The lowest BCUT2D eigenvalue weighted by Gasteiger charge is -2.20. The number of ether oxygens (including phenoxy) is 1. The van der Waals surface area contributed by atoms with Crippen molar-refractivity contribution in [2.45, 2.75) is 30.4 Å². The number of rotatable bonds is 7. The van der Waals surface area contributed by atoms with Crippen molar-refractivity contribution in [3.63, 3.8) is 0 Å². The van der Waals surface area contributed by atoms with Crippen molar-refractivity contribution < 1.29 is 23.9 Å². The van der Waals surface area contributed by atoms with Crippen LogP contribution >= 0.6 is 23.4 Å². The van der Waals surface area contributed by atoms with E-state index in [0.29, 0.717) is 15.6 Å². The molecule has 3 rings (SSSR count). The van der Waals surface area contributed by atoms with Crippen LogP contribution in [0.5, 0.6) is 0 Å². The van der Waals surface area contributed by atoms with Crippen LogP contribution in [0.15, 0.2) is 53.4 Å². The Labute approximate surface area is 188 Å². The lowest BCUT2D eigenvalue weighted by atomic mass is 10.1. The number of nitrogens with one attached hydrogen (secondary N) is 3. The average Bonchev–Trinajstić information content (AvgIpc) is 2.99. The summed E-state index contributed by atoms with van der Waals surface area (Å²) in [6, 6.07) is 12.7. The summed E-state index contributed by atoms with van der Waals surface area (Å²) in [4.78, 5) is 49.0. The number of carbonyl (C=O) groups is 4. The van der Waals surface area contributed by atoms with E-state index in [1.54, 1.807) is 55.5 Å². The van der Waals surface area contributed by atoms with Gasteiger partial charge in [0.15, 0.2) is 6.10 Å². The molecule has 0 spiro atoms. The Kier molecular flexibility index (Phi) is 6.87. The van der Waals surface area contributed by atoms with Crippen molar-refractivity contribution >= 4 is 52.9 Å². The molecule has 8 nitrogen and oxygen atoms in total. The third-order valence-corrected chi connectivity index (χ3v) is 6.15. The van der Waals surface area contributed by atoms with Gasteiger partial charge in [-0.1, -0.05) is 23.7 Å². The van der Waals surface area contributed by atoms with E-state index < -0.39 is 35.5 Å². The molecule has 10 heteroatoms. The molecule has 162 valence electrons. The van der Waals surface area contributed by atoms with Gasteiger partial charge in [0, 0.05) is 21.4 Å². The van der Waals surface area contributed by atoms with Crippen molar-refractivity contribution in [1.82, 2.24) is 10.6 Å². The quantitative estimate of drug-likeness (QED) is 0.331. The molecule has 1 fully saturated rings. The SMILES string of the molecule is C[C@@H](OC(=O)c1ccccc1SC[C@@]1(C)NC(=O)NC1=O)C(=O)Nc1ccc(Cl)cc1. The van der Waals surface area contributed by atoms with Gasteiger partial charge in [-0.3, -0.25) is 14.9 Å². The highest BCUT2D eigenvalue weighted by molar-refractivity contribution is 7.99. The minimum atomic E-state index is -1.09. The summed E-state index contributed by atoms with van der Waals surface area (Å²) in [5.41, 5.74) is -0.310. The smallest absolute Gasteiger partial charge is 0.340 e. The summed E-state index contributed by atoms with van der Waals surface area (Å²) < 4.78 is 5.33. The minimum absolute atomic E-state index is 0.210. The van der Waals surface area contributed by atoms with E-state index in [1.807, 2.05) is 0 Å². The summed E-state index contributed by atoms with van der Waals surface area (Å²) >= 11 is 7.05. The van der Waals surface area contributed by atoms with Gasteiger partial charge in [0.2, 0.25) is 0 Å². The Morgan fingerprint density at radius 3 is 2.48 bits per heavy atom. The van der Waals surface area contributed by atoms with Crippen LogP contribution < -0.4 is 16.0 Å². The van der Waals surface area contributed by atoms with Gasteiger partial charge in [-0.2, -0.15) is 0 Å². The lowest BCUT2D eigenvalue weighted by molar-refractivity contribution is -0.124. The molecule has 31 heavy (non-hydrogen) atoms. The lowest BCUT2D eigenvalue weighted by Crippen LogP contribution is -2.46. The molecule has 1 heterocycles. The highest BCUT2D eigenvalue weighted by Crippen LogP contribution is 2.28. The largest absolute Gasteiger partial charge is 0.449 e. The van der Waals surface area contributed by atoms with Crippen molar-refractivity contribution in [3.05, 3.63) is 59.1 Å². The number of urea groups is 1. The molecular weight excluding hydrogens is 442 g/mol. The standard InChI is InChI=1S/C21H20ClN3O5S/c1-12(17(26)23-14-9-7-13(22)8-10-14)30-18(27)15-5-3-4-6-16(15)31-11-21(2)19(28)24-20(29)25-21/h3-10,12H,11H2,1-2H3,(H,23,26)(H2,24,25,28,29)/t12-,21-/m1/s1. The van der Waals surface area contributed by atoms with Crippen LogP contribution in [0, 0.1) is 0 Å². The zero-order valence-electron chi connectivity index (χ0n) is 16.7. The van der Waals surface area contributed by atoms with Crippen LogP contribution in [-0.2, 0) is 14.3 Å². The fraction of sp³-hybridized carbons (Fsp3) is 0.238. The zero-order valence-corrected chi connectivity index (χ0v) is 18.3. The molecule has 2 aromatic carbocycles. The Morgan fingerprint density at radius 1 is 1.16 bits per heavy atom. The van der Waals surface area contributed by atoms with Gasteiger partial charge in [-0.05, 0) is 50.2 Å². The van der Waals surface area contributed by atoms with E-state index in [0.717, 1.165) is 0 Å². The summed E-state index contributed by atoms with van der Waals surface area (Å²) in [6.45, 7) is 3.07. The van der Waals surface area contributed by atoms with Crippen molar-refractivity contribution in [2.75, 3.05) is 11.1 Å². The third-order valence-electron chi connectivity index (χ3n) is 4.51. The Bertz CT molecular complexity index is 1030. The molecule has 0 saturated carbocycles. The van der Waals surface area contributed by atoms with E-state index in [4.69, 9.17) is 16.3 Å². The first-order valence-electron chi connectivity index (χ1n) is 9.31. The maximum absolute atomic E-state index is 12.7. The average molecular weight is 462 g/mol. The normalized spacial score (nSPS) is 18.7. The zero-order chi connectivity index (χ0) is 22.6. The molecule has 0 bridgehead atoms. The van der Waals surface area contributed by atoms with Gasteiger partial charge in [-0.25, -0.2) is 9.59 Å². The topological polar surface area (TPSA) is 114 Å². The van der Waals surface area contributed by atoms with E-state index in [9.17, 15) is 19.2 Å². The number of benzene rings is 2. The number of carbonyl (C=O) groups excluding carboxylic acids is 4. The van der Waals surface area contributed by atoms with Gasteiger partial charge in [0.05, 0.1) is 5.56 Å². The van der Waals surface area contributed by atoms with E-state index in [-0.39, 0.29) is 11.3 Å². The number of halogens is 1. The number of hydrogen-bond donors (Lipinski definition) is 3. The fourth-order valence-corrected chi connectivity index (χ4v) is 3.97. The van der Waals surface area contributed by atoms with Gasteiger partial charge < -0.3 is 15.4 Å². The first kappa shape index (κ1) is 22.6. The molecule has 2 atom stereocenters. The first-order valence-corrected chi connectivity index (χ1v) is 10.7. The molecule has 4 amide bonds. The summed E-state index contributed by atoms with van der Waals surface area (Å²) in [6.07, 6.45) is -1.04. The molecule has 1 aliphatic rings. The van der Waals surface area contributed by atoms with E-state index in [2.05, 4.69) is 16.0 Å². The van der Waals surface area contributed by atoms with Gasteiger partial charge in [-0.15, -0.1) is 11.8 Å². The highest BCUT2D eigenvalue weighted by Gasteiger charge is 2.42. The van der Waals surface area contributed by atoms with Crippen LogP contribution in [-0.4, -0.2) is 41.2 Å². The predicted molar refractivity (Wildman–Crippen MR) is 117 cm³/mol. The molecule has 1 saturated heterocycles. The fourth-order valence-electron chi connectivity index (χ4n) is 2.72. The van der Waals surface area contributed by atoms with Gasteiger partial charge in [0.1, 0.15) is 5.54 Å². The van der Waals surface area contributed by atoms with E-state index in [1.165, 1.54) is 18.7 Å². The molecule has 0 radical (unpaired) electrons. The van der Waals surface area contributed by atoms with Crippen molar-refractivity contribution in [1.29, 1.82) is 0 Å². The number of amides is 4. The second kappa shape index (κ2) is 9.40. The number of hydrogen-bond acceptors (Lipinski definition) is 6. The van der Waals surface area contributed by atoms with Crippen molar-refractivity contribution in [3.8, 4) is 0 Å². The summed E-state index contributed by atoms with van der Waals surface area (Å²) in [5.74, 6) is -1.38. The van der Waals surface area contributed by atoms with Crippen LogP contribution in [0.3, 0.4) is 0 Å². The molecule has 0 unspecified atom stereocenters. The minimum Gasteiger partial charge on any atom is -0.449 e.